The number of hydrogen-bond acceptors (Lipinski definition) is 4. The van der Waals surface area contributed by atoms with Crippen molar-refractivity contribution in [1.82, 2.24) is 10.2 Å². The van der Waals surface area contributed by atoms with Gasteiger partial charge < -0.3 is 5.32 Å². The highest BCUT2D eigenvalue weighted by molar-refractivity contribution is 7.10. The average molecular weight is 376 g/mol. The van der Waals surface area contributed by atoms with Crippen molar-refractivity contribution in [3.8, 4) is 0 Å². The highest BCUT2D eigenvalue weighted by atomic mass is 32.1. The normalized spacial score (nSPS) is 14.5. The maximum absolute atomic E-state index is 12.5. The van der Waals surface area contributed by atoms with Gasteiger partial charge in [0.25, 0.3) is 11.8 Å². The van der Waals surface area contributed by atoms with E-state index in [1.54, 1.807) is 35.6 Å². The van der Waals surface area contributed by atoms with Gasteiger partial charge in [0.15, 0.2) is 0 Å². The van der Waals surface area contributed by atoms with E-state index in [2.05, 4.69) is 48.0 Å². The number of nitrogens with zero attached hydrogens (tertiary/aromatic N) is 1. The third kappa shape index (κ3) is 3.44. The van der Waals surface area contributed by atoms with Gasteiger partial charge in [-0.15, -0.1) is 11.3 Å². The van der Waals surface area contributed by atoms with Crippen LogP contribution < -0.4 is 5.32 Å². The van der Waals surface area contributed by atoms with Crippen LogP contribution >= 0.6 is 11.3 Å². The molecule has 3 aromatic rings. The summed E-state index contributed by atoms with van der Waals surface area (Å²) in [6.07, 6.45) is 0. The van der Waals surface area contributed by atoms with Gasteiger partial charge in [-0.1, -0.05) is 48.0 Å². The molecule has 1 atom stereocenters. The smallest absolute Gasteiger partial charge is 0.261 e. The Morgan fingerprint density at radius 3 is 2.19 bits per heavy atom. The molecule has 0 spiro atoms. The van der Waals surface area contributed by atoms with Gasteiger partial charge in [0.2, 0.25) is 0 Å². The van der Waals surface area contributed by atoms with E-state index >= 15 is 0 Å². The van der Waals surface area contributed by atoms with E-state index in [-0.39, 0.29) is 17.9 Å². The molecule has 1 aliphatic rings. The zero-order valence-electron chi connectivity index (χ0n) is 15.0. The van der Waals surface area contributed by atoms with Crippen LogP contribution in [0.4, 0.5) is 0 Å². The van der Waals surface area contributed by atoms with Crippen molar-refractivity contribution < 1.29 is 9.59 Å². The third-order valence-corrected chi connectivity index (χ3v) is 5.74. The summed E-state index contributed by atoms with van der Waals surface area (Å²) in [5.41, 5.74) is 3.38. The fourth-order valence-corrected chi connectivity index (χ4v) is 4.19. The van der Waals surface area contributed by atoms with Crippen LogP contribution in [0.1, 0.15) is 42.8 Å². The largest absolute Gasteiger partial charge is 0.304 e. The summed E-state index contributed by atoms with van der Waals surface area (Å²) < 4.78 is 0. The molecule has 1 N–H and O–H groups in total. The Morgan fingerprint density at radius 1 is 0.926 bits per heavy atom. The number of carbonyl (C=O) groups is 2. The van der Waals surface area contributed by atoms with Gasteiger partial charge >= 0.3 is 0 Å². The quantitative estimate of drug-likeness (QED) is 0.661. The molecule has 4 rings (SSSR count). The molecule has 4 nitrogen and oxygen atoms in total. The van der Waals surface area contributed by atoms with Gasteiger partial charge in [-0.2, -0.15) is 0 Å². The van der Waals surface area contributed by atoms with Crippen molar-refractivity contribution in [2.24, 2.45) is 0 Å². The van der Waals surface area contributed by atoms with Crippen molar-refractivity contribution in [2.45, 2.75) is 13.0 Å². The molecule has 27 heavy (non-hydrogen) atoms. The Kier molecular flexibility index (Phi) is 4.88. The predicted octanol–water partition coefficient (Wildman–Crippen LogP) is 4.03. The van der Waals surface area contributed by atoms with Crippen LogP contribution in [0.5, 0.6) is 0 Å². The molecular formula is C22H20N2O2S. The predicted molar refractivity (Wildman–Crippen MR) is 107 cm³/mol. The molecule has 2 heterocycles. The number of carbonyl (C=O) groups excluding carboxylic acids is 2. The van der Waals surface area contributed by atoms with Gasteiger partial charge in [-0.25, -0.2) is 0 Å². The fraction of sp³-hybridized carbons (Fsp3) is 0.182. The lowest BCUT2D eigenvalue weighted by atomic mass is 10.0. The van der Waals surface area contributed by atoms with Crippen molar-refractivity contribution in [3.63, 3.8) is 0 Å². The molecule has 2 amide bonds. The lowest BCUT2D eigenvalue weighted by Crippen LogP contribution is -2.37. The molecule has 0 bridgehead atoms. The maximum Gasteiger partial charge on any atom is 0.261 e. The first-order valence-corrected chi connectivity index (χ1v) is 9.81. The minimum atomic E-state index is -0.208. The second kappa shape index (κ2) is 7.47. The van der Waals surface area contributed by atoms with E-state index in [4.69, 9.17) is 0 Å². The minimum Gasteiger partial charge on any atom is -0.304 e. The van der Waals surface area contributed by atoms with Gasteiger partial charge in [-0.3, -0.25) is 14.5 Å². The monoisotopic (exact) mass is 376 g/mol. The average Bonchev–Trinajstić information content (AvgIpc) is 3.29. The van der Waals surface area contributed by atoms with E-state index in [0.29, 0.717) is 24.2 Å². The summed E-state index contributed by atoms with van der Waals surface area (Å²) in [6.45, 7) is 2.95. The van der Waals surface area contributed by atoms with E-state index in [1.165, 1.54) is 20.9 Å². The zero-order valence-corrected chi connectivity index (χ0v) is 15.8. The highest BCUT2D eigenvalue weighted by Crippen LogP contribution is 2.27. The van der Waals surface area contributed by atoms with Crippen molar-refractivity contribution in [1.29, 1.82) is 0 Å². The van der Waals surface area contributed by atoms with E-state index in [0.717, 1.165) is 0 Å². The molecule has 0 saturated heterocycles. The molecule has 0 saturated carbocycles. The number of rotatable bonds is 6. The second-order valence-electron chi connectivity index (χ2n) is 6.62. The lowest BCUT2D eigenvalue weighted by Gasteiger charge is -2.20. The Labute approximate surface area is 162 Å². The van der Waals surface area contributed by atoms with E-state index in [9.17, 15) is 9.59 Å². The summed E-state index contributed by atoms with van der Waals surface area (Å²) in [5.74, 6) is -0.416. The summed E-state index contributed by atoms with van der Waals surface area (Å²) in [7, 11) is 0. The van der Waals surface area contributed by atoms with Crippen LogP contribution in [0.25, 0.3) is 0 Å². The Hall–Kier alpha value is -2.76. The second-order valence-corrected chi connectivity index (χ2v) is 7.60. The molecule has 1 aliphatic heterocycles. The zero-order chi connectivity index (χ0) is 18.8. The molecule has 0 fully saturated rings. The lowest BCUT2D eigenvalue weighted by molar-refractivity contribution is 0.0655. The number of aryl methyl sites for hydroxylation is 1. The molecule has 136 valence electrons. The van der Waals surface area contributed by atoms with Crippen LogP contribution in [-0.2, 0) is 0 Å². The summed E-state index contributed by atoms with van der Waals surface area (Å²) in [5, 5.41) is 5.57. The third-order valence-electron chi connectivity index (χ3n) is 4.80. The Balaban J connectivity index is 1.47. The highest BCUT2D eigenvalue weighted by Gasteiger charge is 2.34. The minimum absolute atomic E-state index is 0.0424. The van der Waals surface area contributed by atoms with Crippen LogP contribution in [-0.4, -0.2) is 29.8 Å². The van der Waals surface area contributed by atoms with Gasteiger partial charge in [0.1, 0.15) is 0 Å². The number of thiophene rings is 1. The van der Waals surface area contributed by atoms with Crippen LogP contribution in [0.2, 0.25) is 0 Å². The van der Waals surface area contributed by atoms with Gasteiger partial charge in [0.05, 0.1) is 17.2 Å². The number of fused-ring (bicyclic) bond motifs is 1. The molecule has 0 radical (unpaired) electrons. The Morgan fingerprint density at radius 2 is 1.59 bits per heavy atom. The van der Waals surface area contributed by atoms with Gasteiger partial charge in [-0.05, 0) is 36.1 Å². The topological polar surface area (TPSA) is 49.4 Å². The first-order chi connectivity index (χ1) is 13.1. The number of nitrogens with one attached hydrogen (secondary N) is 1. The number of benzene rings is 2. The number of amides is 2. The maximum atomic E-state index is 12.5. The van der Waals surface area contributed by atoms with Crippen molar-refractivity contribution in [3.05, 3.63) is 93.2 Å². The summed E-state index contributed by atoms with van der Waals surface area (Å²) >= 11 is 1.69. The fourth-order valence-electron chi connectivity index (χ4n) is 3.36. The standard InChI is InChI=1S/C22H20N2O2S/c1-15-8-10-16(11-9-15)20(19-7-4-14-27-19)23-12-13-24-21(25)17-5-2-3-6-18(17)22(24)26/h2-11,14,20,23H,12-13H2,1H3/t20-/m0/s1. The van der Waals surface area contributed by atoms with Crippen LogP contribution in [0.3, 0.4) is 0 Å². The summed E-state index contributed by atoms with van der Waals surface area (Å²) in [6, 6.07) is 19.6. The van der Waals surface area contributed by atoms with E-state index < -0.39 is 0 Å². The van der Waals surface area contributed by atoms with E-state index in [1.807, 2.05) is 6.07 Å². The van der Waals surface area contributed by atoms with Crippen molar-refractivity contribution >= 4 is 23.2 Å². The number of hydrogen-bond donors (Lipinski definition) is 1. The molecule has 1 aromatic heterocycles. The first kappa shape index (κ1) is 17.6. The molecule has 5 heteroatoms. The Bertz CT molecular complexity index is 929. The van der Waals surface area contributed by atoms with Crippen LogP contribution in [0.15, 0.2) is 66.0 Å². The van der Waals surface area contributed by atoms with Crippen molar-refractivity contribution in [2.75, 3.05) is 13.1 Å². The molecule has 0 aliphatic carbocycles. The summed E-state index contributed by atoms with van der Waals surface area (Å²) in [4.78, 5) is 27.5. The van der Waals surface area contributed by atoms with Gasteiger partial charge in [0, 0.05) is 18.0 Å². The SMILES string of the molecule is Cc1ccc([C@H](NCCN2C(=O)c3ccccc3C2=O)c2cccs2)cc1. The molecule has 0 unspecified atom stereocenters. The molecule has 2 aromatic carbocycles. The molecular weight excluding hydrogens is 356 g/mol. The van der Waals surface area contributed by atoms with Crippen LogP contribution in [0, 0.1) is 6.92 Å². The number of imide groups is 1. The first-order valence-electron chi connectivity index (χ1n) is 8.94.